The number of likely N-dealkylation sites (N-methyl/N-ethyl adjacent to an activating group) is 1. The Labute approximate surface area is 131 Å². The van der Waals surface area contributed by atoms with E-state index in [4.69, 9.17) is 9.84 Å². The smallest absolute Gasteiger partial charge is 0.305 e. The number of hydrogen-bond acceptors (Lipinski definition) is 3. The highest BCUT2D eigenvalue weighted by Gasteiger charge is 2.20. The largest absolute Gasteiger partial charge is 0.481 e. The summed E-state index contributed by atoms with van der Waals surface area (Å²) in [5, 5.41) is 8.66. The number of aliphatic carboxylic acids is 1. The normalized spacial score (nSPS) is 12.6. The van der Waals surface area contributed by atoms with Crippen molar-refractivity contribution < 1.29 is 19.4 Å². The Kier molecular flexibility index (Phi) is 5.97. The molecule has 0 radical (unpaired) electrons. The summed E-state index contributed by atoms with van der Waals surface area (Å²) < 4.78 is 5.70. The van der Waals surface area contributed by atoms with Crippen molar-refractivity contribution in [1.29, 1.82) is 0 Å². The first-order chi connectivity index (χ1) is 10.1. The number of rotatable bonds is 6. The highest BCUT2D eigenvalue weighted by Crippen LogP contribution is 2.26. The molecule has 0 bridgehead atoms. The monoisotopic (exact) mass is 307 g/mol. The van der Waals surface area contributed by atoms with E-state index in [2.05, 4.69) is 20.8 Å². The van der Waals surface area contributed by atoms with Crippen LogP contribution in [0.3, 0.4) is 0 Å². The van der Waals surface area contributed by atoms with Gasteiger partial charge in [0, 0.05) is 13.6 Å². The van der Waals surface area contributed by atoms with Gasteiger partial charge in [-0.3, -0.25) is 9.59 Å². The van der Waals surface area contributed by atoms with Crippen LogP contribution in [0.25, 0.3) is 0 Å². The Morgan fingerprint density at radius 3 is 2.50 bits per heavy atom. The molecule has 0 aromatic heterocycles. The van der Waals surface area contributed by atoms with E-state index in [-0.39, 0.29) is 24.3 Å². The predicted molar refractivity (Wildman–Crippen MR) is 85.1 cm³/mol. The molecule has 0 saturated heterocycles. The van der Waals surface area contributed by atoms with Crippen molar-refractivity contribution in [2.45, 2.75) is 45.6 Å². The lowest BCUT2D eigenvalue weighted by molar-refractivity contribution is -0.140. The van der Waals surface area contributed by atoms with E-state index in [0.29, 0.717) is 5.75 Å². The first kappa shape index (κ1) is 18.0. The molecule has 0 aliphatic carbocycles. The van der Waals surface area contributed by atoms with Gasteiger partial charge in [0.05, 0.1) is 6.42 Å². The van der Waals surface area contributed by atoms with E-state index >= 15 is 0 Å². The molecule has 1 atom stereocenters. The van der Waals surface area contributed by atoms with E-state index in [1.165, 1.54) is 4.90 Å². The maximum atomic E-state index is 12.1. The summed E-state index contributed by atoms with van der Waals surface area (Å²) in [5.41, 5.74) is 1.13. The van der Waals surface area contributed by atoms with Gasteiger partial charge in [-0.05, 0) is 30.0 Å². The van der Waals surface area contributed by atoms with Gasteiger partial charge in [-0.15, -0.1) is 0 Å². The van der Waals surface area contributed by atoms with Gasteiger partial charge in [0.1, 0.15) is 5.75 Å². The van der Waals surface area contributed by atoms with Crippen molar-refractivity contribution >= 4 is 11.9 Å². The van der Waals surface area contributed by atoms with Crippen molar-refractivity contribution in [3.8, 4) is 5.75 Å². The third kappa shape index (κ3) is 5.39. The number of carboxylic acids is 1. The molecule has 0 heterocycles. The lowest BCUT2D eigenvalue weighted by atomic mass is 9.87. The fraction of sp³-hybridized carbons (Fsp3) is 0.529. The van der Waals surface area contributed by atoms with Crippen molar-refractivity contribution in [3.05, 3.63) is 29.8 Å². The molecule has 5 heteroatoms. The average Bonchev–Trinajstić information content (AvgIpc) is 2.43. The average molecular weight is 307 g/mol. The number of carbonyl (C=O) groups is 2. The Bertz CT molecular complexity index is 534. The number of ether oxygens (including phenoxy) is 1. The highest BCUT2D eigenvalue weighted by molar-refractivity contribution is 5.81. The summed E-state index contributed by atoms with van der Waals surface area (Å²) in [5.74, 6) is -0.520. The van der Waals surface area contributed by atoms with E-state index in [1.54, 1.807) is 14.0 Å². The molecular weight excluding hydrogens is 282 g/mol. The second kappa shape index (κ2) is 7.29. The van der Waals surface area contributed by atoms with Crippen LogP contribution in [0.2, 0.25) is 0 Å². The van der Waals surface area contributed by atoms with Crippen molar-refractivity contribution in [3.63, 3.8) is 0 Å². The number of carboxylic acid groups (broad SMARTS) is 1. The Balaban J connectivity index is 2.70. The maximum absolute atomic E-state index is 12.1. The summed E-state index contributed by atoms with van der Waals surface area (Å²) in [4.78, 5) is 24.1. The summed E-state index contributed by atoms with van der Waals surface area (Å²) in [6.45, 7) is 8.17. The van der Waals surface area contributed by atoms with Crippen molar-refractivity contribution in [2.24, 2.45) is 0 Å². The minimum atomic E-state index is -0.925. The van der Waals surface area contributed by atoms with E-state index in [1.807, 2.05) is 24.3 Å². The number of nitrogens with zero attached hydrogens (tertiary/aromatic N) is 1. The van der Waals surface area contributed by atoms with Crippen LogP contribution in [-0.2, 0) is 15.0 Å². The minimum absolute atomic E-state index is 0.00486. The quantitative estimate of drug-likeness (QED) is 0.877. The number of carbonyl (C=O) groups excluding carboxylic acids is 1. The van der Waals surface area contributed by atoms with Gasteiger partial charge in [-0.1, -0.05) is 32.9 Å². The molecule has 0 saturated carbocycles. The van der Waals surface area contributed by atoms with E-state index < -0.39 is 12.1 Å². The third-order valence-electron chi connectivity index (χ3n) is 3.40. The maximum Gasteiger partial charge on any atom is 0.305 e. The standard InChI is InChI=1S/C17H25NO4/c1-12(16(21)18(5)10-9-15(19)20)22-14-8-6-7-13(11-14)17(2,3)4/h6-8,11-12H,9-10H2,1-5H3,(H,19,20). The zero-order valence-corrected chi connectivity index (χ0v) is 13.9. The predicted octanol–water partition coefficient (Wildman–Crippen LogP) is 2.68. The number of benzene rings is 1. The molecule has 1 amide bonds. The summed E-state index contributed by atoms with van der Waals surface area (Å²) in [6.07, 6.45) is -0.733. The van der Waals surface area contributed by atoms with Gasteiger partial charge in [-0.25, -0.2) is 0 Å². The first-order valence-electron chi connectivity index (χ1n) is 7.35. The van der Waals surface area contributed by atoms with Crippen LogP contribution in [0, 0.1) is 0 Å². The lowest BCUT2D eigenvalue weighted by Gasteiger charge is -2.23. The molecule has 0 fully saturated rings. The Hall–Kier alpha value is -2.04. The molecule has 1 aromatic carbocycles. The van der Waals surface area contributed by atoms with Gasteiger partial charge >= 0.3 is 5.97 Å². The molecule has 1 N–H and O–H groups in total. The van der Waals surface area contributed by atoms with Gasteiger partial charge in [0.25, 0.3) is 5.91 Å². The van der Waals surface area contributed by atoms with Crippen LogP contribution in [0.1, 0.15) is 39.7 Å². The minimum Gasteiger partial charge on any atom is -0.481 e. The molecule has 0 aliphatic rings. The molecule has 1 aromatic rings. The van der Waals surface area contributed by atoms with Crippen LogP contribution in [-0.4, -0.2) is 41.6 Å². The van der Waals surface area contributed by atoms with Crippen LogP contribution >= 0.6 is 0 Å². The Morgan fingerprint density at radius 2 is 1.95 bits per heavy atom. The summed E-state index contributed by atoms with van der Waals surface area (Å²) in [6, 6.07) is 7.68. The molecule has 5 nitrogen and oxygen atoms in total. The second-order valence-electron chi connectivity index (χ2n) is 6.44. The Morgan fingerprint density at radius 1 is 1.32 bits per heavy atom. The fourth-order valence-electron chi connectivity index (χ4n) is 1.97. The lowest BCUT2D eigenvalue weighted by Crippen LogP contribution is -2.39. The molecule has 0 aliphatic heterocycles. The van der Waals surface area contributed by atoms with Crippen LogP contribution in [0.15, 0.2) is 24.3 Å². The topological polar surface area (TPSA) is 66.8 Å². The zero-order chi connectivity index (χ0) is 16.9. The fourth-order valence-corrected chi connectivity index (χ4v) is 1.97. The molecule has 1 unspecified atom stereocenters. The summed E-state index contributed by atoms with van der Waals surface area (Å²) in [7, 11) is 1.58. The van der Waals surface area contributed by atoms with E-state index in [9.17, 15) is 9.59 Å². The molecular formula is C17H25NO4. The second-order valence-corrected chi connectivity index (χ2v) is 6.44. The van der Waals surface area contributed by atoms with Crippen LogP contribution < -0.4 is 4.74 Å². The van der Waals surface area contributed by atoms with Crippen LogP contribution in [0.4, 0.5) is 0 Å². The van der Waals surface area contributed by atoms with Gasteiger partial charge in [0.2, 0.25) is 0 Å². The molecule has 122 valence electrons. The van der Waals surface area contributed by atoms with Gasteiger partial charge < -0.3 is 14.7 Å². The molecule has 1 rings (SSSR count). The van der Waals surface area contributed by atoms with E-state index in [0.717, 1.165) is 5.56 Å². The molecule has 0 spiro atoms. The van der Waals surface area contributed by atoms with Crippen molar-refractivity contribution in [1.82, 2.24) is 4.90 Å². The summed E-state index contributed by atoms with van der Waals surface area (Å²) >= 11 is 0. The molecule has 22 heavy (non-hydrogen) atoms. The third-order valence-corrected chi connectivity index (χ3v) is 3.40. The number of hydrogen-bond donors (Lipinski definition) is 1. The van der Waals surface area contributed by atoms with Gasteiger partial charge in [0.15, 0.2) is 6.10 Å². The van der Waals surface area contributed by atoms with Crippen molar-refractivity contribution in [2.75, 3.05) is 13.6 Å². The SMILES string of the molecule is CC(Oc1cccc(C(C)(C)C)c1)C(=O)N(C)CCC(=O)O. The van der Waals surface area contributed by atoms with Gasteiger partial charge in [-0.2, -0.15) is 0 Å². The first-order valence-corrected chi connectivity index (χ1v) is 7.35. The zero-order valence-electron chi connectivity index (χ0n) is 13.9. The van der Waals surface area contributed by atoms with Crippen LogP contribution in [0.5, 0.6) is 5.75 Å². The highest BCUT2D eigenvalue weighted by atomic mass is 16.5. The number of amides is 1.